The maximum atomic E-state index is 12.7. The standard InChI is InChI=1S/C19H24N4O2/c1-22(2)14-6-13-21-18(24)19(25)23(16-7-4-3-5-8-16)17-11-9-15(20)10-12-17/h3-5,7-12H,6,13-14,20H2,1-2H3,(H,21,24). The van der Waals surface area contributed by atoms with Crippen molar-refractivity contribution in [3.05, 3.63) is 54.6 Å². The van der Waals surface area contributed by atoms with Crippen molar-refractivity contribution in [2.45, 2.75) is 6.42 Å². The number of amides is 2. The normalized spacial score (nSPS) is 10.5. The van der Waals surface area contributed by atoms with E-state index in [1.165, 1.54) is 4.90 Å². The molecule has 2 rings (SSSR count). The highest BCUT2D eigenvalue weighted by molar-refractivity contribution is 6.42. The zero-order valence-electron chi connectivity index (χ0n) is 14.6. The van der Waals surface area contributed by atoms with Crippen LogP contribution in [-0.4, -0.2) is 43.9 Å². The summed E-state index contributed by atoms with van der Waals surface area (Å²) in [4.78, 5) is 28.4. The first-order valence-electron chi connectivity index (χ1n) is 8.16. The molecular formula is C19H24N4O2. The third kappa shape index (κ3) is 5.32. The highest BCUT2D eigenvalue weighted by Gasteiger charge is 2.24. The van der Waals surface area contributed by atoms with Gasteiger partial charge >= 0.3 is 11.8 Å². The minimum atomic E-state index is -0.626. The average Bonchev–Trinajstić information content (AvgIpc) is 2.61. The fraction of sp³-hybridized carbons (Fsp3) is 0.263. The van der Waals surface area contributed by atoms with Gasteiger partial charge in [0.25, 0.3) is 0 Å². The summed E-state index contributed by atoms with van der Waals surface area (Å²) in [5, 5.41) is 2.69. The summed E-state index contributed by atoms with van der Waals surface area (Å²) in [6.45, 7) is 1.29. The first-order chi connectivity index (χ1) is 12.0. The Morgan fingerprint density at radius 2 is 1.56 bits per heavy atom. The van der Waals surface area contributed by atoms with Gasteiger partial charge in [0.2, 0.25) is 0 Å². The van der Waals surface area contributed by atoms with Crippen molar-refractivity contribution in [3.8, 4) is 0 Å². The average molecular weight is 340 g/mol. The maximum Gasteiger partial charge on any atom is 0.320 e. The Kier molecular flexibility index (Phi) is 6.54. The molecule has 0 heterocycles. The number of benzene rings is 2. The Bertz CT molecular complexity index is 699. The number of para-hydroxylation sites is 1. The van der Waals surface area contributed by atoms with E-state index in [9.17, 15) is 9.59 Å². The van der Waals surface area contributed by atoms with E-state index in [-0.39, 0.29) is 0 Å². The van der Waals surface area contributed by atoms with Crippen LogP contribution in [0.2, 0.25) is 0 Å². The van der Waals surface area contributed by atoms with Crippen LogP contribution in [0.3, 0.4) is 0 Å². The van der Waals surface area contributed by atoms with Crippen molar-refractivity contribution in [2.24, 2.45) is 0 Å². The van der Waals surface area contributed by atoms with E-state index >= 15 is 0 Å². The van der Waals surface area contributed by atoms with Crippen LogP contribution >= 0.6 is 0 Å². The van der Waals surface area contributed by atoms with E-state index in [1.807, 2.05) is 37.2 Å². The van der Waals surface area contributed by atoms with Crippen LogP contribution in [0.25, 0.3) is 0 Å². The van der Waals surface area contributed by atoms with Crippen molar-refractivity contribution < 1.29 is 9.59 Å². The van der Waals surface area contributed by atoms with E-state index in [2.05, 4.69) is 5.32 Å². The molecule has 0 saturated heterocycles. The third-order valence-corrected chi connectivity index (χ3v) is 3.63. The van der Waals surface area contributed by atoms with Gasteiger partial charge in [-0.1, -0.05) is 18.2 Å². The molecule has 0 spiro atoms. The molecule has 6 heteroatoms. The largest absolute Gasteiger partial charge is 0.399 e. The van der Waals surface area contributed by atoms with Gasteiger partial charge in [0.05, 0.1) is 0 Å². The summed E-state index contributed by atoms with van der Waals surface area (Å²) < 4.78 is 0. The number of carbonyl (C=O) groups is 2. The predicted octanol–water partition coefficient (Wildman–Crippen LogP) is 2.00. The highest BCUT2D eigenvalue weighted by Crippen LogP contribution is 2.26. The number of carbonyl (C=O) groups excluding carboxylic acids is 2. The van der Waals surface area contributed by atoms with Crippen LogP contribution in [0.5, 0.6) is 0 Å². The van der Waals surface area contributed by atoms with Gasteiger partial charge in [-0.05, 0) is 63.5 Å². The molecule has 0 fully saturated rings. The molecule has 6 nitrogen and oxygen atoms in total. The summed E-state index contributed by atoms with van der Waals surface area (Å²) in [5.41, 5.74) is 7.53. The van der Waals surface area contributed by atoms with Crippen LogP contribution < -0.4 is 16.0 Å². The van der Waals surface area contributed by atoms with Crippen molar-refractivity contribution in [1.82, 2.24) is 10.2 Å². The maximum absolute atomic E-state index is 12.7. The molecule has 0 aliphatic heterocycles. The van der Waals surface area contributed by atoms with Gasteiger partial charge in [0.1, 0.15) is 0 Å². The number of hydrogen-bond acceptors (Lipinski definition) is 4. The highest BCUT2D eigenvalue weighted by atomic mass is 16.2. The van der Waals surface area contributed by atoms with E-state index in [0.29, 0.717) is 23.6 Å². The van der Waals surface area contributed by atoms with E-state index in [4.69, 9.17) is 5.73 Å². The number of nitrogen functional groups attached to an aromatic ring is 1. The monoisotopic (exact) mass is 340 g/mol. The molecule has 0 atom stereocenters. The lowest BCUT2D eigenvalue weighted by Gasteiger charge is -2.22. The second-order valence-corrected chi connectivity index (χ2v) is 5.98. The lowest BCUT2D eigenvalue weighted by molar-refractivity contribution is -0.137. The number of hydrogen-bond donors (Lipinski definition) is 2. The summed E-state index contributed by atoms with van der Waals surface area (Å²) in [6, 6.07) is 15.9. The molecule has 0 aliphatic rings. The number of nitrogens with two attached hydrogens (primary N) is 1. The second kappa shape index (κ2) is 8.84. The summed E-state index contributed by atoms with van der Waals surface area (Å²) >= 11 is 0. The van der Waals surface area contributed by atoms with Gasteiger partial charge < -0.3 is 16.0 Å². The number of anilines is 3. The Hall–Kier alpha value is -2.86. The van der Waals surface area contributed by atoms with Gasteiger partial charge in [-0.25, -0.2) is 0 Å². The van der Waals surface area contributed by atoms with Crippen LogP contribution in [-0.2, 0) is 9.59 Å². The zero-order chi connectivity index (χ0) is 18.2. The molecule has 132 valence electrons. The van der Waals surface area contributed by atoms with Gasteiger partial charge in [-0.3, -0.25) is 14.5 Å². The minimum absolute atomic E-state index is 0.452. The smallest absolute Gasteiger partial charge is 0.320 e. The minimum Gasteiger partial charge on any atom is -0.399 e. The van der Waals surface area contributed by atoms with E-state index < -0.39 is 11.8 Å². The molecular weight excluding hydrogens is 316 g/mol. The molecule has 0 saturated carbocycles. The summed E-state index contributed by atoms with van der Waals surface area (Å²) in [7, 11) is 3.93. The first-order valence-corrected chi connectivity index (χ1v) is 8.16. The Morgan fingerprint density at radius 1 is 0.960 bits per heavy atom. The molecule has 0 unspecified atom stereocenters. The Labute approximate surface area is 148 Å². The number of nitrogens with zero attached hydrogens (tertiary/aromatic N) is 2. The van der Waals surface area contributed by atoms with Crippen molar-refractivity contribution >= 4 is 28.9 Å². The molecule has 0 bridgehead atoms. The summed E-state index contributed by atoms with van der Waals surface area (Å²) in [6.07, 6.45) is 0.777. The van der Waals surface area contributed by atoms with Gasteiger partial charge in [0, 0.05) is 23.6 Å². The van der Waals surface area contributed by atoms with Gasteiger partial charge in [-0.2, -0.15) is 0 Å². The van der Waals surface area contributed by atoms with Gasteiger partial charge in [0.15, 0.2) is 0 Å². The van der Waals surface area contributed by atoms with E-state index in [0.717, 1.165) is 13.0 Å². The van der Waals surface area contributed by atoms with Crippen LogP contribution in [0, 0.1) is 0 Å². The van der Waals surface area contributed by atoms with E-state index in [1.54, 1.807) is 36.4 Å². The fourth-order valence-electron chi connectivity index (χ4n) is 2.36. The molecule has 2 amide bonds. The zero-order valence-corrected chi connectivity index (χ0v) is 14.6. The van der Waals surface area contributed by atoms with Crippen LogP contribution in [0.4, 0.5) is 17.1 Å². The number of nitrogens with one attached hydrogen (secondary N) is 1. The van der Waals surface area contributed by atoms with Crippen molar-refractivity contribution in [2.75, 3.05) is 37.8 Å². The topological polar surface area (TPSA) is 78.7 Å². The Balaban J connectivity index is 2.16. The number of rotatable bonds is 6. The molecule has 2 aromatic rings. The first kappa shape index (κ1) is 18.5. The quantitative estimate of drug-likeness (QED) is 0.479. The second-order valence-electron chi connectivity index (χ2n) is 5.98. The van der Waals surface area contributed by atoms with Crippen LogP contribution in [0.15, 0.2) is 54.6 Å². The van der Waals surface area contributed by atoms with Crippen molar-refractivity contribution in [3.63, 3.8) is 0 Å². The van der Waals surface area contributed by atoms with Crippen LogP contribution in [0.1, 0.15) is 6.42 Å². The molecule has 2 aromatic carbocycles. The molecule has 0 radical (unpaired) electrons. The molecule has 25 heavy (non-hydrogen) atoms. The summed E-state index contributed by atoms with van der Waals surface area (Å²) in [5.74, 6) is -1.25. The van der Waals surface area contributed by atoms with Crippen molar-refractivity contribution in [1.29, 1.82) is 0 Å². The molecule has 0 aliphatic carbocycles. The SMILES string of the molecule is CN(C)CCCNC(=O)C(=O)N(c1ccccc1)c1ccc(N)cc1. The fourth-order valence-corrected chi connectivity index (χ4v) is 2.36. The van der Waals surface area contributed by atoms with Gasteiger partial charge in [-0.15, -0.1) is 0 Å². The lowest BCUT2D eigenvalue weighted by atomic mass is 10.2. The lowest BCUT2D eigenvalue weighted by Crippen LogP contribution is -2.41. The molecule has 3 N–H and O–H groups in total. The Morgan fingerprint density at radius 3 is 2.16 bits per heavy atom. The third-order valence-electron chi connectivity index (χ3n) is 3.63. The predicted molar refractivity (Wildman–Crippen MR) is 101 cm³/mol. The molecule has 0 aromatic heterocycles.